The lowest BCUT2D eigenvalue weighted by atomic mass is 9.33. The SMILES string of the molecule is Cc1cc2c3c(c1)-n1c4c(ccc(N(c5ccccc5)c5ccccc5)c4c4oc5cc(N(c6ccccc6)c6ccccc6)ccc5c41)B3c1ccc(C(C)(C)C)cc1N2c1cccc(C(C)(C)C)c1. The number of nitrogens with zero attached hydrogens (tertiary/aromatic N) is 4. The third kappa shape index (κ3) is 6.76. The van der Waals surface area contributed by atoms with Crippen molar-refractivity contribution in [2.75, 3.05) is 14.7 Å². The minimum Gasteiger partial charge on any atom is -0.454 e. The number of aryl methyl sites for hydroxylation is 1. The first kappa shape index (κ1) is 42.9. The van der Waals surface area contributed by atoms with Crippen LogP contribution in [0.2, 0.25) is 0 Å². The van der Waals surface area contributed by atoms with E-state index in [1.54, 1.807) is 0 Å². The van der Waals surface area contributed by atoms with Crippen LogP contribution in [0.4, 0.5) is 51.2 Å². The lowest BCUT2D eigenvalue weighted by Gasteiger charge is -2.41. The van der Waals surface area contributed by atoms with Gasteiger partial charge in [0.25, 0.3) is 6.71 Å². The Balaban J connectivity index is 1.15. The number of hydrogen-bond donors (Lipinski definition) is 0. The van der Waals surface area contributed by atoms with Gasteiger partial charge in [-0.25, -0.2) is 0 Å². The van der Waals surface area contributed by atoms with Crippen LogP contribution in [-0.2, 0) is 10.8 Å². The van der Waals surface area contributed by atoms with Crippen LogP contribution in [0.1, 0.15) is 58.2 Å². The van der Waals surface area contributed by atoms with Crippen LogP contribution in [-0.4, -0.2) is 11.3 Å². The highest BCUT2D eigenvalue weighted by Crippen LogP contribution is 2.50. The second kappa shape index (κ2) is 15.9. The van der Waals surface area contributed by atoms with E-state index in [-0.39, 0.29) is 17.5 Å². The number of benzene rings is 9. The minimum atomic E-state index is -0.0505. The molecule has 0 spiro atoms. The fourth-order valence-corrected chi connectivity index (χ4v) is 11.5. The predicted octanol–water partition coefficient (Wildman–Crippen LogP) is 16.0. The first-order valence-electron chi connectivity index (χ1n) is 25.0. The number of hydrogen-bond acceptors (Lipinski definition) is 4. The van der Waals surface area contributed by atoms with Crippen molar-refractivity contribution in [3.05, 3.63) is 223 Å². The molecular weight excluding hydrogens is 864 g/mol. The molecule has 0 N–H and O–H groups in total. The Kier molecular flexibility index (Phi) is 9.60. The standard InChI is InChI=1S/C65H55BN4O/c1-42-37-56-60-57(38-42)70-61-51-33-32-50(67(45-22-12-8-13-23-45)46-24-14-9-15-25-46)41-58(51)71-63(61)59-54(68(47-26-16-10-17-27-47)48-28-18-11-19-29-48)36-35-53(62(59)70)66(60)52-34-31-44(65(5,6)7)40-55(52)69(56)49-30-20-21-43(39-49)64(2,3)4/h8-41H,1-7H3. The molecule has 4 heterocycles. The zero-order valence-electron chi connectivity index (χ0n) is 41.4. The summed E-state index contributed by atoms with van der Waals surface area (Å²) in [7, 11) is 0. The Morgan fingerprint density at radius 1 is 0.451 bits per heavy atom. The van der Waals surface area contributed by atoms with Crippen molar-refractivity contribution in [2.24, 2.45) is 0 Å². The molecule has 344 valence electrons. The number of furan rings is 1. The van der Waals surface area contributed by atoms with Crippen molar-refractivity contribution < 1.29 is 4.42 Å². The predicted molar refractivity (Wildman–Crippen MR) is 301 cm³/mol. The van der Waals surface area contributed by atoms with Gasteiger partial charge in [-0.3, -0.25) is 0 Å². The van der Waals surface area contributed by atoms with E-state index >= 15 is 0 Å². The smallest absolute Gasteiger partial charge is 0.252 e. The van der Waals surface area contributed by atoms with Crippen molar-refractivity contribution in [1.29, 1.82) is 0 Å². The minimum absolute atomic E-state index is 0.0236. The van der Waals surface area contributed by atoms with Crippen molar-refractivity contribution in [1.82, 2.24) is 4.57 Å². The molecule has 11 aromatic rings. The molecule has 0 bridgehead atoms. The monoisotopic (exact) mass is 918 g/mol. The maximum absolute atomic E-state index is 7.49. The summed E-state index contributed by atoms with van der Waals surface area (Å²) in [5, 5.41) is 2.16. The normalized spacial score (nSPS) is 12.9. The number of para-hydroxylation sites is 4. The summed E-state index contributed by atoms with van der Waals surface area (Å²) in [6.45, 7) is 16.1. The highest BCUT2D eigenvalue weighted by atomic mass is 16.3. The van der Waals surface area contributed by atoms with E-state index in [2.05, 4.69) is 274 Å². The Labute approximate surface area is 416 Å². The zero-order chi connectivity index (χ0) is 48.3. The summed E-state index contributed by atoms with van der Waals surface area (Å²) >= 11 is 0. The van der Waals surface area contributed by atoms with Crippen LogP contribution in [0, 0.1) is 6.92 Å². The van der Waals surface area contributed by atoms with Crippen LogP contribution in [0.15, 0.2) is 211 Å². The van der Waals surface area contributed by atoms with Gasteiger partial charge in [-0.1, -0.05) is 145 Å². The number of rotatable bonds is 7. The average molecular weight is 919 g/mol. The van der Waals surface area contributed by atoms with Gasteiger partial charge in [0.1, 0.15) is 11.1 Å². The number of anilines is 9. The molecule has 0 unspecified atom stereocenters. The van der Waals surface area contributed by atoms with E-state index in [4.69, 9.17) is 4.42 Å². The summed E-state index contributed by atoms with van der Waals surface area (Å²) in [5.41, 5.74) is 22.8. The lowest BCUT2D eigenvalue weighted by Crippen LogP contribution is -2.60. The first-order chi connectivity index (χ1) is 34.4. The molecule has 71 heavy (non-hydrogen) atoms. The van der Waals surface area contributed by atoms with Crippen LogP contribution in [0.3, 0.4) is 0 Å². The van der Waals surface area contributed by atoms with E-state index < -0.39 is 0 Å². The molecule has 0 saturated carbocycles. The number of fused-ring (bicyclic) bond motifs is 9. The summed E-state index contributed by atoms with van der Waals surface area (Å²) < 4.78 is 10.1. The molecule has 2 aliphatic rings. The second-order valence-electron chi connectivity index (χ2n) is 21.5. The zero-order valence-corrected chi connectivity index (χ0v) is 41.4. The van der Waals surface area contributed by atoms with Crippen LogP contribution in [0.5, 0.6) is 0 Å². The van der Waals surface area contributed by atoms with E-state index in [9.17, 15) is 0 Å². The quantitative estimate of drug-likeness (QED) is 0.149. The van der Waals surface area contributed by atoms with Crippen molar-refractivity contribution in [2.45, 2.75) is 59.3 Å². The molecule has 9 aromatic carbocycles. The number of aromatic nitrogens is 1. The van der Waals surface area contributed by atoms with Crippen LogP contribution < -0.4 is 31.1 Å². The lowest BCUT2D eigenvalue weighted by molar-refractivity contribution is 0.590. The maximum Gasteiger partial charge on any atom is 0.252 e. The molecular formula is C65H55BN4O. The Bertz CT molecular complexity index is 3780. The van der Waals surface area contributed by atoms with Gasteiger partial charge in [-0.05, 0) is 148 Å². The summed E-state index contributed by atoms with van der Waals surface area (Å²) in [6, 6.07) is 75.6. The largest absolute Gasteiger partial charge is 0.454 e. The van der Waals surface area contributed by atoms with Gasteiger partial charge in [-0.2, -0.15) is 0 Å². The second-order valence-corrected chi connectivity index (χ2v) is 21.5. The molecule has 2 aromatic heterocycles. The summed E-state index contributed by atoms with van der Waals surface area (Å²) in [5.74, 6) is 0. The Morgan fingerprint density at radius 3 is 1.62 bits per heavy atom. The van der Waals surface area contributed by atoms with Gasteiger partial charge >= 0.3 is 0 Å². The molecule has 0 fully saturated rings. The molecule has 0 aliphatic carbocycles. The highest BCUT2D eigenvalue weighted by molar-refractivity contribution is 7.00. The fourth-order valence-electron chi connectivity index (χ4n) is 11.5. The fraction of sp³-hybridized carbons (Fsp3) is 0.138. The molecule has 0 saturated heterocycles. The van der Waals surface area contributed by atoms with E-state index in [0.717, 1.165) is 61.6 Å². The molecule has 2 aliphatic heterocycles. The molecule has 0 radical (unpaired) electrons. The Morgan fingerprint density at radius 2 is 1.01 bits per heavy atom. The van der Waals surface area contributed by atoms with Gasteiger partial charge in [0.15, 0.2) is 5.58 Å². The topological polar surface area (TPSA) is 27.8 Å². The van der Waals surface area contributed by atoms with Gasteiger partial charge in [0.2, 0.25) is 0 Å². The van der Waals surface area contributed by atoms with E-state index in [1.165, 1.54) is 61.3 Å². The summed E-state index contributed by atoms with van der Waals surface area (Å²) in [6.07, 6.45) is 0. The molecule has 13 rings (SSSR count). The van der Waals surface area contributed by atoms with Crippen molar-refractivity contribution >= 4 is 107 Å². The van der Waals surface area contributed by atoms with Crippen LogP contribution >= 0.6 is 0 Å². The molecule has 0 atom stereocenters. The highest BCUT2D eigenvalue weighted by Gasteiger charge is 2.44. The third-order valence-corrected chi connectivity index (χ3v) is 14.8. The van der Waals surface area contributed by atoms with Gasteiger partial charge in [-0.15, -0.1) is 0 Å². The van der Waals surface area contributed by atoms with Crippen molar-refractivity contribution in [3.8, 4) is 5.69 Å². The summed E-state index contributed by atoms with van der Waals surface area (Å²) in [4.78, 5) is 7.28. The average Bonchev–Trinajstić information content (AvgIpc) is 3.91. The van der Waals surface area contributed by atoms with Gasteiger partial charge in [0, 0.05) is 62.6 Å². The molecule has 0 amide bonds. The molecule has 6 heteroatoms. The van der Waals surface area contributed by atoms with E-state index in [0.29, 0.717) is 0 Å². The van der Waals surface area contributed by atoms with Crippen LogP contribution in [0.25, 0.3) is 38.7 Å². The maximum atomic E-state index is 7.49. The first-order valence-corrected chi connectivity index (χ1v) is 25.0. The Hall–Kier alpha value is -8.22. The third-order valence-electron chi connectivity index (χ3n) is 14.8. The molecule has 5 nitrogen and oxygen atoms in total. The van der Waals surface area contributed by atoms with Gasteiger partial charge in [0.05, 0.1) is 16.6 Å². The van der Waals surface area contributed by atoms with E-state index in [1.807, 2.05) is 0 Å². The van der Waals surface area contributed by atoms with Crippen molar-refractivity contribution in [3.63, 3.8) is 0 Å². The van der Waals surface area contributed by atoms with Gasteiger partial charge < -0.3 is 23.7 Å².